The Labute approximate surface area is 164 Å². The van der Waals surface area contributed by atoms with E-state index in [1.165, 1.54) is 18.0 Å². The fourth-order valence-electron chi connectivity index (χ4n) is 2.45. The molecule has 27 heavy (non-hydrogen) atoms. The fraction of sp³-hybridized carbons (Fsp3) is 0.150. The molecule has 0 atom stereocenters. The van der Waals surface area contributed by atoms with Crippen molar-refractivity contribution in [2.24, 2.45) is 0 Å². The molecule has 0 radical (unpaired) electrons. The quantitative estimate of drug-likeness (QED) is 0.562. The van der Waals surface area contributed by atoms with Crippen LogP contribution >= 0.6 is 15.9 Å². The number of rotatable bonds is 6. The monoisotopic (exact) mass is 428 g/mol. The summed E-state index contributed by atoms with van der Waals surface area (Å²) in [6.07, 6.45) is 1.45. The highest BCUT2D eigenvalue weighted by molar-refractivity contribution is 9.10. The third-order valence-corrected chi connectivity index (χ3v) is 4.58. The molecule has 0 amide bonds. The SMILES string of the molecule is COC(=O)c1ccc(Cn2cnc(OCc3ccccc3)c(Br)c2=O)cc1. The Morgan fingerprint density at radius 3 is 2.44 bits per heavy atom. The van der Waals surface area contributed by atoms with E-state index < -0.39 is 5.97 Å². The van der Waals surface area contributed by atoms with E-state index in [2.05, 4.69) is 25.7 Å². The molecule has 138 valence electrons. The molecule has 2 aromatic carbocycles. The predicted octanol–water partition coefficient (Wildman–Crippen LogP) is 3.42. The first-order chi connectivity index (χ1) is 13.1. The molecule has 0 unspecified atom stereocenters. The first-order valence-corrected chi connectivity index (χ1v) is 8.96. The van der Waals surface area contributed by atoms with Gasteiger partial charge in [0, 0.05) is 0 Å². The van der Waals surface area contributed by atoms with Crippen LogP contribution in [0, 0.1) is 0 Å². The standard InChI is InChI=1S/C20H17BrN2O4/c1-26-20(25)16-9-7-14(8-10-16)11-23-13-22-18(17(21)19(23)24)27-12-15-5-3-2-4-6-15/h2-10,13H,11-12H2,1H3. The number of nitrogens with zero attached hydrogens (tertiary/aromatic N) is 2. The van der Waals surface area contributed by atoms with Gasteiger partial charge in [-0.1, -0.05) is 42.5 Å². The van der Waals surface area contributed by atoms with Crippen LogP contribution in [0.1, 0.15) is 21.5 Å². The smallest absolute Gasteiger partial charge is 0.337 e. The fourth-order valence-corrected chi connectivity index (χ4v) is 2.89. The summed E-state index contributed by atoms with van der Waals surface area (Å²) in [4.78, 5) is 28.3. The van der Waals surface area contributed by atoms with Gasteiger partial charge < -0.3 is 9.47 Å². The number of hydrogen-bond donors (Lipinski definition) is 0. The van der Waals surface area contributed by atoms with Crippen LogP contribution in [0.4, 0.5) is 0 Å². The highest BCUT2D eigenvalue weighted by Gasteiger charge is 2.11. The molecule has 0 fully saturated rings. The number of methoxy groups -OCH3 is 1. The molecular formula is C20H17BrN2O4. The minimum atomic E-state index is -0.400. The van der Waals surface area contributed by atoms with E-state index in [9.17, 15) is 9.59 Å². The van der Waals surface area contributed by atoms with E-state index in [0.717, 1.165) is 11.1 Å². The van der Waals surface area contributed by atoms with Crippen LogP contribution in [0.25, 0.3) is 0 Å². The van der Waals surface area contributed by atoms with Crippen LogP contribution in [-0.2, 0) is 17.9 Å². The Hall–Kier alpha value is -2.93. The Kier molecular flexibility index (Phi) is 6.03. The van der Waals surface area contributed by atoms with E-state index in [1.54, 1.807) is 24.3 Å². The molecule has 3 aromatic rings. The van der Waals surface area contributed by atoms with Crippen molar-refractivity contribution < 1.29 is 14.3 Å². The zero-order valence-electron chi connectivity index (χ0n) is 14.6. The Bertz CT molecular complexity index is 985. The number of carbonyl (C=O) groups excluding carboxylic acids is 1. The van der Waals surface area contributed by atoms with Gasteiger partial charge in [0.05, 0.1) is 19.2 Å². The van der Waals surface area contributed by atoms with Crippen LogP contribution in [0.5, 0.6) is 5.88 Å². The number of benzene rings is 2. The third-order valence-electron chi connectivity index (χ3n) is 3.90. The number of halogens is 1. The number of esters is 1. The van der Waals surface area contributed by atoms with E-state index in [0.29, 0.717) is 18.7 Å². The van der Waals surface area contributed by atoms with Gasteiger partial charge in [-0.15, -0.1) is 0 Å². The molecule has 0 bridgehead atoms. The van der Waals surface area contributed by atoms with Gasteiger partial charge in [0.2, 0.25) is 5.88 Å². The second-order valence-electron chi connectivity index (χ2n) is 5.76. The van der Waals surface area contributed by atoms with E-state index >= 15 is 0 Å². The van der Waals surface area contributed by atoms with Crippen LogP contribution in [0.15, 0.2) is 70.2 Å². The van der Waals surface area contributed by atoms with Crippen LogP contribution in [0.3, 0.4) is 0 Å². The zero-order valence-corrected chi connectivity index (χ0v) is 16.2. The topological polar surface area (TPSA) is 70.4 Å². The lowest BCUT2D eigenvalue weighted by Crippen LogP contribution is -2.22. The molecule has 0 aliphatic carbocycles. The number of carbonyl (C=O) groups is 1. The van der Waals surface area contributed by atoms with E-state index in [4.69, 9.17) is 4.74 Å². The summed E-state index contributed by atoms with van der Waals surface area (Å²) in [6, 6.07) is 16.5. The minimum absolute atomic E-state index is 0.245. The number of aromatic nitrogens is 2. The van der Waals surface area contributed by atoms with Gasteiger partial charge in [-0.2, -0.15) is 0 Å². The normalized spacial score (nSPS) is 10.4. The molecule has 0 aliphatic rings. The van der Waals surface area contributed by atoms with Crippen LogP contribution < -0.4 is 10.3 Å². The first-order valence-electron chi connectivity index (χ1n) is 8.17. The predicted molar refractivity (Wildman–Crippen MR) is 104 cm³/mol. The molecular weight excluding hydrogens is 412 g/mol. The number of ether oxygens (including phenoxy) is 2. The van der Waals surface area contributed by atoms with Gasteiger partial charge in [-0.25, -0.2) is 9.78 Å². The summed E-state index contributed by atoms with van der Waals surface area (Å²) in [6.45, 7) is 0.649. The second-order valence-corrected chi connectivity index (χ2v) is 6.55. The molecule has 1 aromatic heterocycles. The summed E-state index contributed by atoms with van der Waals surface area (Å²) in [5.41, 5.74) is 2.06. The molecule has 0 saturated heterocycles. The third kappa shape index (κ3) is 4.62. The molecule has 7 heteroatoms. The molecule has 1 heterocycles. The maximum absolute atomic E-state index is 12.5. The van der Waals surface area contributed by atoms with Crippen molar-refractivity contribution in [3.05, 3.63) is 92.4 Å². The summed E-state index contributed by atoms with van der Waals surface area (Å²) < 4.78 is 12.0. The summed E-state index contributed by atoms with van der Waals surface area (Å²) in [7, 11) is 1.33. The van der Waals surface area contributed by atoms with E-state index in [-0.39, 0.29) is 15.9 Å². The van der Waals surface area contributed by atoms with Crippen molar-refractivity contribution in [3.63, 3.8) is 0 Å². The Morgan fingerprint density at radius 1 is 1.07 bits per heavy atom. The van der Waals surface area contributed by atoms with Crippen molar-refractivity contribution in [3.8, 4) is 5.88 Å². The summed E-state index contributed by atoms with van der Waals surface area (Å²) in [5.74, 6) is -0.149. The summed E-state index contributed by atoms with van der Waals surface area (Å²) >= 11 is 3.28. The van der Waals surface area contributed by atoms with Gasteiger partial charge in [0.1, 0.15) is 17.4 Å². The lowest BCUT2D eigenvalue weighted by molar-refractivity contribution is 0.0600. The van der Waals surface area contributed by atoms with Crippen LogP contribution in [0.2, 0.25) is 0 Å². The highest BCUT2D eigenvalue weighted by atomic mass is 79.9. The summed E-state index contributed by atoms with van der Waals surface area (Å²) in [5, 5.41) is 0. The van der Waals surface area contributed by atoms with Crippen molar-refractivity contribution in [1.82, 2.24) is 9.55 Å². The van der Waals surface area contributed by atoms with Gasteiger partial charge in [0.15, 0.2) is 0 Å². The maximum Gasteiger partial charge on any atom is 0.337 e. The molecule has 0 aliphatic heterocycles. The average Bonchev–Trinajstić information content (AvgIpc) is 2.71. The Morgan fingerprint density at radius 2 is 1.78 bits per heavy atom. The zero-order chi connectivity index (χ0) is 19.2. The number of hydrogen-bond acceptors (Lipinski definition) is 5. The lowest BCUT2D eigenvalue weighted by atomic mass is 10.1. The molecule has 0 N–H and O–H groups in total. The average molecular weight is 429 g/mol. The van der Waals surface area contributed by atoms with Crippen molar-refractivity contribution in [1.29, 1.82) is 0 Å². The van der Waals surface area contributed by atoms with Crippen molar-refractivity contribution in [2.75, 3.05) is 7.11 Å². The van der Waals surface area contributed by atoms with Crippen LogP contribution in [-0.4, -0.2) is 22.6 Å². The highest BCUT2D eigenvalue weighted by Crippen LogP contribution is 2.19. The molecule has 0 saturated carbocycles. The lowest BCUT2D eigenvalue weighted by Gasteiger charge is -2.10. The minimum Gasteiger partial charge on any atom is -0.472 e. The Balaban J connectivity index is 1.73. The molecule has 3 rings (SSSR count). The largest absolute Gasteiger partial charge is 0.472 e. The first kappa shape index (κ1) is 18.8. The van der Waals surface area contributed by atoms with E-state index in [1.807, 2.05) is 30.3 Å². The van der Waals surface area contributed by atoms with Crippen molar-refractivity contribution in [2.45, 2.75) is 13.2 Å². The van der Waals surface area contributed by atoms with Crippen molar-refractivity contribution >= 4 is 21.9 Å². The van der Waals surface area contributed by atoms with Gasteiger partial charge >= 0.3 is 5.97 Å². The van der Waals surface area contributed by atoms with Gasteiger partial charge in [0.25, 0.3) is 5.56 Å². The molecule has 6 nitrogen and oxygen atoms in total. The van der Waals surface area contributed by atoms with Gasteiger partial charge in [-0.3, -0.25) is 9.36 Å². The second kappa shape index (κ2) is 8.64. The molecule has 0 spiro atoms. The maximum atomic E-state index is 12.5. The van der Waals surface area contributed by atoms with Gasteiger partial charge in [-0.05, 0) is 39.2 Å².